The quantitative estimate of drug-likeness (QED) is 0.899. The molecule has 1 aliphatic rings. The maximum Gasteiger partial charge on any atom is 0.283 e. The molecule has 2 heterocycles. The average molecular weight is 342 g/mol. The fraction of sp³-hybridized carbons (Fsp3) is 0.538. The van der Waals surface area contributed by atoms with Gasteiger partial charge in [0.25, 0.3) is 5.89 Å². The Bertz CT molecular complexity index is 577. The maximum atomic E-state index is 9.28. The third-order valence-electron chi connectivity index (χ3n) is 3.44. The van der Waals surface area contributed by atoms with E-state index in [1.165, 1.54) is 0 Å². The number of hydrogen-bond acceptors (Lipinski definition) is 6. The summed E-state index contributed by atoms with van der Waals surface area (Å²) in [5.41, 5.74) is 0. The lowest BCUT2D eigenvalue weighted by Crippen LogP contribution is -2.36. The second-order valence-electron chi connectivity index (χ2n) is 5.29. The zero-order valence-corrected chi connectivity index (χ0v) is 12.7. The smallest absolute Gasteiger partial charge is 0.283 e. The molecule has 3 rings (SSSR count). The van der Waals surface area contributed by atoms with Crippen molar-refractivity contribution in [3.8, 4) is 11.7 Å². The van der Waals surface area contributed by atoms with Gasteiger partial charge in [-0.1, -0.05) is 0 Å². The monoisotopic (exact) mass is 341 g/mol. The summed E-state index contributed by atoms with van der Waals surface area (Å²) in [5, 5.41) is 17.3. The molecule has 0 unspecified atom stereocenters. The van der Waals surface area contributed by atoms with Gasteiger partial charge in [-0.25, -0.2) is 0 Å². The van der Waals surface area contributed by atoms with Gasteiger partial charge < -0.3 is 13.9 Å². The summed E-state index contributed by atoms with van der Waals surface area (Å²) in [7, 11) is 2.01. The van der Waals surface area contributed by atoms with Gasteiger partial charge in [-0.3, -0.25) is 4.90 Å². The average Bonchev–Trinajstić information content (AvgIpc) is 2.96. The molecular formula is C13H16BrN3O3. The Labute approximate surface area is 124 Å². The standard InChI is InChI=1S/C13H16BrN3O3/c1-17(6-8-4-9(18)5-8)7-12-15-16-13(20-12)10-2-3-11(14)19-10/h2-3,8-9,18H,4-7H2,1H3. The Morgan fingerprint density at radius 1 is 1.35 bits per heavy atom. The topological polar surface area (TPSA) is 75.5 Å². The van der Waals surface area contributed by atoms with Crippen molar-refractivity contribution in [2.24, 2.45) is 5.92 Å². The Morgan fingerprint density at radius 2 is 2.15 bits per heavy atom. The third-order valence-corrected chi connectivity index (χ3v) is 3.86. The minimum absolute atomic E-state index is 0.110. The molecule has 0 atom stereocenters. The van der Waals surface area contributed by atoms with Gasteiger partial charge in [0.1, 0.15) is 0 Å². The minimum Gasteiger partial charge on any atom is -0.444 e. The molecule has 7 heteroatoms. The summed E-state index contributed by atoms with van der Waals surface area (Å²) in [5.74, 6) is 2.08. The van der Waals surface area contributed by atoms with Crippen molar-refractivity contribution in [3.63, 3.8) is 0 Å². The molecule has 2 aromatic heterocycles. The van der Waals surface area contributed by atoms with Crippen LogP contribution in [0.4, 0.5) is 0 Å². The number of aliphatic hydroxyl groups excluding tert-OH is 1. The molecule has 1 N–H and O–H groups in total. The van der Waals surface area contributed by atoms with Gasteiger partial charge in [-0.15, -0.1) is 10.2 Å². The largest absolute Gasteiger partial charge is 0.444 e. The summed E-state index contributed by atoms with van der Waals surface area (Å²) >= 11 is 3.24. The summed E-state index contributed by atoms with van der Waals surface area (Å²) in [6.45, 7) is 1.53. The Kier molecular flexibility index (Phi) is 3.91. The molecular weight excluding hydrogens is 326 g/mol. The van der Waals surface area contributed by atoms with Crippen LogP contribution in [0.2, 0.25) is 0 Å². The maximum absolute atomic E-state index is 9.28. The fourth-order valence-electron chi connectivity index (χ4n) is 2.43. The molecule has 1 saturated carbocycles. The highest BCUT2D eigenvalue weighted by molar-refractivity contribution is 9.10. The molecule has 0 spiro atoms. The molecule has 108 valence electrons. The van der Waals surface area contributed by atoms with Crippen molar-refractivity contribution < 1.29 is 13.9 Å². The van der Waals surface area contributed by atoms with Crippen LogP contribution in [-0.4, -0.2) is 39.9 Å². The van der Waals surface area contributed by atoms with Crippen LogP contribution in [0.3, 0.4) is 0 Å². The Balaban J connectivity index is 1.57. The first-order chi connectivity index (χ1) is 9.60. The van der Waals surface area contributed by atoms with E-state index in [4.69, 9.17) is 8.83 Å². The molecule has 20 heavy (non-hydrogen) atoms. The summed E-state index contributed by atoms with van der Waals surface area (Å²) in [4.78, 5) is 2.13. The van der Waals surface area contributed by atoms with E-state index in [0.717, 1.165) is 19.4 Å². The van der Waals surface area contributed by atoms with Gasteiger partial charge in [0.05, 0.1) is 12.6 Å². The first-order valence-corrected chi connectivity index (χ1v) is 7.34. The second-order valence-corrected chi connectivity index (χ2v) is 6.07. The predicted octanol–water partition coefficient (Wildman–Crippen LogP) is 2.29. The summed E-state index contributed by atoms with van der Waals surface area (Å²) in [6.07, 6.45) is 1.67. The number of rotatable bonds is 5. The van der Waals surface area contributed by atoms with E-state index in [9.17, 15) is 5.11 Å². The summed E-state index contributed by atoms with van der Waals surface area (Å²) < 4.78 is 11.6. The van der Waals surface area contributed by atoms with Crippen molar-refractivity contribution in [1.82, 2.24) is 15.1 Å². The van der Waals surface area contributed by atoms with E-state index in [1.807, 2.05) is 7.05 Å². The molecule has 1 fully saturated rings. The number of nitrogens with zero attached hydrogens (tertiary/aromatic N) is 3. The number of aliphatic hydroxyl groups is 1. The normalized spacial score (nSPS) is 22.2. The van der Waals surface area contributed by atoms with Crippen LogP contribution >= 0.6 is 15.9 Å². The summed E-state index contributed by atoms with van der Waals surface area (Å²) in [6, 6.07) is 3.56. The molecule has 0 aliphatic heterocycles. The molecule has 6 nitrogen and oxygen atoms in total. The van der Waals surface area contributed by atoms with E-state index in [0.29, 0.717) is 34.7 Å². The molecule has 0 amide bonds. The van der Waals surface area contributed by atoms with Gasteiger partial charge >= 0.3 is 0 Å². The Morgan fingerprint density at radius 3 is 2.80 bits per heavy atom. The van der Waals surface area contributed by atoms with E-state index < -0.39 is 0 Å². The lowest BCUT2D eigenvalue weighted by molar-refractivity contribution is 0.0264. The van der Waals surface area contributed by atoms with Crippen molar-refractivity contribution >= 4 is 15.9 Å². The number of furan rings is 1. The number of halogens is 1. The van der Waals surface area contributed by atoms with Crippen LogP contribution in [0.1, 0.15) is 18.7 Å². The van der Waals surface area contributed by atoms with Gasteiger partial charge in [0.15, 0.2) is 10.4 Å². The van der Waals surface area contributed by atoms with Crippen molar-refractivity contribution in [1.29, 1.82) is 0 Å². The number of hydrogen-bond donors (Lipinski definition) is 1. The van der Waals surface area contributed by atoms with E-state index in [2.05, 4.69) is 31.0 Å². The van der Waals surface area contributed by atoms with Gasteiger partial charge in [0, 0.05) is 6.54 Å². The van der Waals surface area contributed by atoms with Crippen LogP contribution in [0.15, 0.2) is 25.6 Å². The molecule has 2 aromatic rings. The van der Waals surface area contributed by atoms with Crippen molar-refractivity contribution in [2.45, 2.75) is 25.5 Å². The number of aromatic nitrogens is 2. The first kappa shape index (κ1) is 13.8. The molecule has 0 bridgehead atoms. The molecule has 0 aromatic carbocycles. The third kappa shape index (κ3) is 3.11. The molecule has 0 radical (unpaired) electrons. The SMILES string of the molecule is CN(Cc1nnc(-c2ccc(Br)o2)o1)CC1CC(O)C1. The predicted molar refractivity (Wildman–Crippen MR) is 74.8 cm³/mol. The van der Waals surface area contributed by atoms with Crippen LogP contribution in [0.5, 0.6) is 0 Å². The van der Waals surface area contributed by atoms with Crippen LogP contribution in [-0.2, 0) is 6.54 Å². The van der Waals surface area contributed by atoms with E-state index in [1.54, 1.807) is 12.1 Å². The van der Waals surface area contributed by atoms with Crippen molar-refractivity contribution in [2.75, 3.05) is 13.6 Å². The van der Waals surface area contributed by atoms with Gasteiger partial charge in [-0.2, -0.15) is 0 Å². The molecule has 0 saturated heterocycles. The van der Waals surface area contributed by atoms with Gasteiger partial charge in [0.2, 0.25) is 5.89 Å². The van der Waals surface area contributed by atoms with Crippen LogP contribution in [0.25, 0.3) is 11.7 Å². The lowest BCUT2D eigenvalue weighted by atomic mass is 9.82. The highest BCUT2D eigenvalue weighted by Gasteiger charge is 2.28. The Hall–Kier alpha value is -1.18. The van der Waals surface area contributed by atoms with Gasteiger partial charge in [-0.05, 0) is 53.9 Å². The minimum atomic E-state index is -0.110. The second kappa shape index (κ2) is 5.67. The van der Waals surface area contributed by atoms with Crippen LogP contribution in [0, 0.1) is 5.92 Å². The van der Waals surface area contributed by atoms with Crippen molar-refractivity contribution in [3.05, 3.63) is 22.7 Å². The zero-order valence-electron chi connectivity index (χ0n) is 11.1. The van der Waals surface area contributed by atoms with E-state index in [-0.39, 0.29) is 6.10 Å². The lowest BCUT2D eigenvalue weighted by Gasteiger charge is -2.34. The first-order valence-electron chi connectivity index (χ1n) is 6.55. The van der Waals surface area contributed by atoms with Crippen LogP contribution < -0.4 is 0 Å². The highest BCUT2D eigenvalue weighted by atomic mass is 79.9. The molecule has 1 aliphatic carbocycles. The zero-order chi connectivity index (χ0) is 14.1. The fourth-order valence-corrected chi connectivity index (χ4v) is 2.74. The highest BCUT2D eigenvalue weighted by Crippen LogP contribution is 2.28. The van der Waals surface area contributed by atoms with E-state index >= 15 is 0 Å².